The maximum absolute atomic E-state index is 10.3. The fourth-order valence-electron chi connectivity index (χ4n) is 1.39. The van der Waals surface area contributed by atoms with Gasteiger partial charge in [-0.15, -0.1) is 0 Å². The van der Waals surface area contributed by atoms with Crippen molar-refractivity contribution in [3.05, 3.63) is 11.6 Å². The third-order valence-electron chi connectivity index (χ3n) is 2.04. The van der Waals surface area contributed by atoms with Crippen molar-refractivity contribution in [2.24, 2.45) is 0 Å². The van der Waals surface area contributed by atoms with Crippen molar-refractivity contribution in [2.75, 3.05) is 6.61 Å². The van der Waals surface area contributed by atoms with Gasteiger partial charge in [0.1, 0.15) is 0 Å². The van der Waals surface area contributed by atoms with Gasteiger partial charge >= 0.3 is 5.97 Å². The van der Waals surface area contributed by atoms with Gasteiger partial charge in [-0.25, -0.2) is 4.79 Å². The summed E-state index contributed by atoms with van der Waals surface area (Å²) in [5, 5.41) is 8.48. The van der Waals surface area contributed by atoms with Gasteiger partial charge in [0.15, 0.2) is 0 Å². The van der Waals surface area contributed by atoms with E-state index in [1.807, 2.05) is 6.92 Å². The molecule has 1 heterocycles. The van der Waals surface area contributed by atoms with Gasteiger partial charge in [0.2, 0.25) is 0 Å². The molecule has 0 saturated carbocycles. The minimum absolute atomic E-state index is 0.0369. The largest absolute Gasteiger partial charge is 0.478 e. The van der Waals surface area contributed by atoms with Crippen LogP contribution in [0.2, 0.25) is 0 Å². The van der Waals surface area contributed by atoms with Gasteiger partial charge in [-0.1, -0.05) is 0 Å². The summed E-state index contributed by atoms with van der Waals surface area (Å²) in [5.74, 6) is -0.887. The van der Waals surface area contributed by atoms with Crippen molar-refractivity contribution in [2.45, 2.75) is 32.3 Å². The highest BCUT2D eigenvalue weighted by molar-refractivity contribution is 5.80. The standard InChI is InChI=1S/C9H14O3/c1-7(6-9(10)11)8-4-2-3-5-12-8/h6,8H,2-5H2,1H3,(H,10,11)/b7-6+/t8-/m0/s1. The van der Waals surface area contributed by atoms with Crippen LogP contribution in [-0.2, 0) is 9.53 Å². The fraction of sp³-hybridized carbons (Fsp3) is 0.667. The highest BCUT2D eigenvalue weighted by Gasteiger charge is 2.15. The van der Waals surface area contributed by atoms with Crippen LogP contribution in [0, 0.1) is 0 Å². The van der Waals surface area contributed by atoms with Crippen LogP contribution in [0.5, 0.6) is 0 Å². The van der Waals surface area contributed by atoms with E-state index in [-0.39, 0.29) is 6.10 Å². The third kappa shape index (κ3) is 2.66. The second-order valence-electron chi connectivity index (χ2n) is 3.08. The van der Waals surface area contributed by atoms with E-state index in [0.29, 0.717) is 0 Å². The summed E-state index contributed by atoms with van der Waals surface area (Å²) in [5.41, 5.74) is 0.821. The lowest BCUT2D eigenvalue weighted by atomic mass is 10.0. The lowest BCUT2D eigenvalue weighted by molar-refractivity contribution is -0.131. The first kappa shape index (κ1) is 9.26. The number of carbonyl (C=O) groups is 1. The van der Waals surface area contributed by atoms with Gasteiger partial charge in [-0.05, 0) is 31.8 Å². The average Bonchev–Trinajstić information content (AvgIpc) is 2.05. The zero-order valence-corrected chi connectivity index (χ0v) is 7.25. The number of aliphatic carboxylic acids is 1. The van der Waals surface area contributed by atoms with Gasteiger partial charge < -0.3 is 9.84 Å². The van der Waals surface area contributed by atoms with Crippen molar-refractivity contribution in [3.63, 3.8) is 0 Å². The summed E-state index contributed by atoms with van der Waals surface area (Å²) in [4.78, 5) is 10.3. The minimum Gasteiger partial charge on any atom is -0.478 e. The number of ether oxygens (including phenoxy) is 1. The van der Waals surface area contributed by atoms with E-state index in [9.17, 15) is 4.79 Å². The summed E-state index contributed by atoms with van der Waals surface area (Å²) in [6.45, 7) is 2.57. The lowest BCUT2D eigenvalue weighted by Crippen LogP contribution is -2.20. The van der Waals surface area contributed by atoms with Gasteiger partial charge in [0.05, 0.1) is 6.10 Å². The van der Waals surface area contributed by atoms with Crippen LogP contribution in [0.3, 0.4) is 0 Å². The lowest BCUT2D eigenvalue weighted by Gasteiger charge is -2.22. The molecule has 0 aromatic heterocycles. The number of carboxylic acid groups (broad SMARTS) is 1. The number of carboxylic acids is 1. The van der Waals surface area contributed by atoms with Gasteiger partial charge in [0, 0.05) is 12.7 Å². The molecule has 3 heteroatoms. The molecule has 1 N–H and O–H groups in total. The molecule has 1 rings (SSSR count). The van der Waals surface area contributed by atoms with Crippen molar-refractivity contribution >= 4 is 5.97 Å². The van der Waals surface area contributed by atoms with E-state index in [0.717, 1.165) is 31.4 Å². The van der Waals surface area contributed by atoms with Crippen LogP contribution in [0.1, 0.15) is 26.2 Å². The number of rotatable bonds is 2. The Bertz CT molecular complexity index is 190. The van der Waals surface area contributed by atoms with Gasteiger partial charge in [-0.2, -0.15) is 0 Å². The quantitative estimate of drug-likeness (QED) is 0.640. The molecule has 1 aliphatic rings. The zero-order valence-electron chi connectivity index (χ0n) is 7.25. The highest BCUT2D eigenvalue weighted by atomic mass is 16.5. The van der Waals surface area contributed by atoms with Crippen LogP contribution in [0.25, 0.3) is 0 Å². The van der Waals surface area contributed by atoms with Crippen LogP contribution in [-0.4, -0.2) is 23.8 Å². The van der Waals surface area contributed by atoms with Crippen molar-refractivity contribution in [1.29, 1.82) is 0 Å². The molecule has 1 atom stereocenters. The molecule has 0 unspecified atom stereocenters. The Kier molecular flexibility index (Phi) is 3.29. The minimum atomic E-state index is -0.887. The van der Waals surface area contributed by atoms with E-state index in [4.69, 9.17) is 9.84 Å². The van der Waals surface area contributed by atoms with E-state index in [1.54, 1.807) is 0 Å². The Labute approximate surface area is 72.0 Å². The van der Waals surface area contributed by atoms with E-state index in [1.165, 1.54) is 6.08 Å². The smallest absolute Gasteiger partial charge is 0.328 e. The normalized spacial score (nSPS) is 25.4. The fourth-order valence-corrected chi connectivity index (χ4v) is 1.39. The summed E-state index contributed by atoms with van der Waals surface area (Å²) in [6, 6.07) is 0. The Morgan fingerprint density at radius 1 is 1.58 bits per heavy atom. The van der Waals surface area contributed by atoms with Crippen LogP contribution >= 0.6 is 0 Å². The number of hydrogen-bond donors (Lipinski definition) is 1. The average molecular weight is 170 g/mol. The monoisotopic (exact) mass is 170 g/mol. The topological polar surface area (TPSA) is 46.5 Å². The first-order chi connectivity index (χ1) is 5.70. The predicted molar refractivity (Wildman–Crippen MR) is 45.0 cm³/mol. The van der Waals surface area contributed by atoms with Crippen LogP contribution < -0.4 is 0 Å². The summed E-state index contributed by atoms with van der Waals surface area (Å²) in [7, 11) is 0. The molecule has 0 spiro atoms. The van der Waals surface area contributed by atoms with E-state index >= 15 is 0 Å². The summed E-state index contributed by atoms with van der Waals surface area (Å²) < 4.78 is 5.41. The number of hydrogen-bond acceptors (Lipinski definition) is 2. The Hall–Kier alpha value is -0.830. The maximum Gasteiger partial charge on any atom is 0.328 e. The molecule has 12 heavy (non-hydrogen) atoms. The molecule has 0 amide bonds. The Morgan fingerprint density at radius 2 is 2.33 bits per heavy atom. The zero-order chi connectivity index (χ0) is 8.97. The van der Waals surface area contributed by atoms with Gasteiger partial charge in [0.25, 0.3) is 0 Å². The third-order valence-corrected chi connectivity index (χ3v) is 2.04. The SMILES string of the molecule is C/C(=C\C(=O)O)[C@@H]1CCCCO1. The van der Waals surface area contributed by atoms with Crippen molar-refractivity contribution in [3.8, 4) is 0 Å². The molecule has 3 nitrogen and oxygen atoms in total. The molecule has 0 bridgehead atoms. The Balaban J connectivity index is 2.49. The van der Waals surface area contributed by atoms with Crippen molar-refractivity contribution in [1.82, 2.24) is 0 Å². The predicted octanol–water partition coefficient (Wildman–Crippen LogP) is 1.59. The molecule has 1 saturated heterocycles. The first-order valence-electron chi connectivity index (χ1n) is 4.23. The second-order valence-corrected chi connectivity index (χ2v) is 3.08. The molecule has 0 aliphatic carbocycles. The highest BCUT2D eigenvalue weighted by Crippen LogP contribution is 2.18. The summed E-state index contributed by atoms with van der Waals surface area (Å²) >= 11 is 0. The van der Waals surface area contributed by atoms with E-state index in [2.05, 4.69) is 0 Å². The van der Waals surface area contributed by atoms with Crippen LogP contribution in [0.15, 0.2) is 11.6 Å². The van der Waals surface area contributed by atoms with Gasteiger partial charge in [-0.3, -0.25) is 0 Å². The second kappa shape index (κ2) is 4.26. The molecule has 0 aromatic carbocycles. The van der Waals surface area contributed by atoms with E-state index < -0.39 is 5.97 Å². The summed E-state index contributed by atoms with van der Waals surface area (Å²) in [6.07, 6.45) is 4.45. The first-order valence-corrected chi connectivity index (χ1v) is 4.23. The van der Waals surface area contributed by atoms with Crippen molar-refractivity contribution < 1.29 is 14.6 Å². The molecule has 68 valence electrons. The molecule has 0 radical (unpaired) electrons. The molecular weight excluding hydrogens is 156 g/mol. The molecule has 0 aromatic rings. The molecule has 1 fully saturated rings. The molecule has 1 aliphatic heterocycles. The Morgan fingerprint density at radius 3 is 2.83 bits per heavy atom. The molecular formula is C9H14O3. The maximum atomic E-state index is 10.3. The van der Waals surface area contributed by atoms with Crippen LogP contribution in [0.4, 0.5) is 0 Å².